The van der Waals surface area contributed by atoms with Crippen LogP contribution in [0.3, 0.4) is 0 Å². The van der Waals surface area contributed by atoms with Crippen molar-refractivity contribution in [2.45, 2.75) is 26.2 Å². The second kappa shape index (κ2) is 5.55. The van der Waals surface area contributed by atoms with Gasteiger partial charge >= 0.3 is 0 Å². The normalized spacial score (nSPS) is 25.0. The van der Waals surface area contributed by atoms with Crippen molar-refractivity contribution < 1.29 is 4.74 Å². The number of nitrogens with zero attached hydrogens (tertiary/aromatic N) is 1. The van der Waals surface area contributed by atoms with E-state index in [1.807, 2.05) is 0 Å². The molecule has 2 heteroatoms. The van der Waals surface area contributed by atoms with Crippen molar-refractivity contribution in [2.24, 2.45) is 5.92 Å². The van der Waals surface area contributed by atoms with Gasteiger partial charge < -0.3 is 9.64 Å². The number of hydrogen-bond donors (Lipinski definition) is 0. The summed E-state index contributed by atoms with van der Waals surface area (Å²) in [4.78, 5) is 2.54. The Hall–Kier alpha value is -0.0800. The van der Waals surface area contributed by atoms with E-state index in [1.54, 1.807) is 7.11 Å². The SMILES string of the molecule is CCN1CCC(CCCOC)C1. The molecule has 0 aromatic rings. The molecule has 1 fully saturated rings. The largest absolute Gasteiger partial charge is 0.385 e. The number of ether oxygens (including phenoxy) is 1. The van der Waals surface area contributed by atoms with Gasteiger partial charge in [0, 0.05) is 20.3 Å². The van der Waals surface area contributed by atoms with E-state index in [9.17, 15) is 0 Å². The molecule has 0 bridgehead atoms. The van der Waals surface area contributed by atoms with Crippen molar-refractivity contribution in [2.75, 3.05) is 33.4 Å². The molecule has 0 radical (unpaired) electrons. The lowest BCUT2D eigenvalue weighted by atomic mass is 10.0. The Labute approximate surface area is 75.9 Å². The smallest absolute Gasteiger partial charge is 0.0462 e. The van der Waals surface area contributed by atoms with E-state index in [0.29, 0.717) is 0 Å². The molecule has 12 heavy (non-hydrogen) atoms. The van der Waals surface area contributed by atoms with Crippen LogP contribution >= 0.6 is 0 Å². The fourth-order valence-corrected chi connectivity index (χ4v) is 1.95. The van der Waals surface area contributed by atoms with Crippen molar-refractivity contribution >= 4 is 0 Å². The van der Waals surface area contributed by atoms with Gasteiger partial charge in [-0.3, -0.25) is 0 Å². The first kappa shape index (κ1) is 10.0. The Kier molecular flexibility index (Phi) is 4.62. The predicted octanol–water partition coefficient (Wildman–Crippen LogP) is 1.75. The van der Waals surface area contributed by atoms with Crippen LogP contribution in [-0.4, -0.2) is 38.3 Å². The van der Waals surface area contributed by atoms with Crippen LogP contribution in [0.1, 0.15) is 26.2 Å². The number of rotatable bonds is 5. The van der Waals surface area contributed by atoms with Gasteiger partial charge in [0.2, 0.25) is 0 Å². The standard InChI is InChI=1S/C10H21NO/c1-3-11-7-6-10(9-11)5-4-8-12-2/h10H,3-9H2,1-2H3. The summed E-state index contributed by atoms with van der Waals surface area (Å²) >= 11 is 0. The molecule has 0 aliphatic carbocycles. The summed E-state index contributed by atoms with van der Waals surface area (Å²) < 4.78 is 5.04. The molecule has 0 aromatic carbocycles. The average molecular weight is 171 g/mol. The molecular weight excluding hydrogens is 150 g/mol. The molecule has 1 heterocycles. The van der Waals surface area contributed by atoms with Crippen molar-refractivity contribution in [3.05, 3.63) is 0 Å². The molecule has 1 unspecified atom stereocenters. The van der Waals surface area contributed by atoms with Gasteiger partial charge in [0.15, 0.2) is 0 Å². The van der Waals surface area contributed by atoms with E-state index in [2.05, 4.69) is 11.8 Å². The third-order valence-corrected chi connectivity index (χ3v) is 2.78. The molecule has 0 aromatic heterocycles. The number of likely N-dealkylation sites (tertiary alicyclic amines) is 1. The zero-order chi connectivity index (χ0) is 8.81. The summed E-state index contributed by atoms with van der Waals surface area (Å²) in [7, 11) is 1.78. The van der Waals surface area contributed by atoms with Crippen LogP contribution in [0.25, 0.3) is 0 Å². The summed E-state index contributed by atoms with van der Waals surface area (Å²) in [5.74, 6) is 0.945. The average Bonchev–Trinajstić information content (AvgIpc) is 2.53. The van der Waals surface area contributed by atoms with Crippen molar-refractivity contribution in [3.63, 3.8) is 0 Å². The van der Waals surface area contributed by atoms with Crippen LogP contribution < -0.4 is 0 Å². The minimum atomic E-state index is 0.933. The van der Waals surface area contributed by atoms with Crippen LogP contribution in [0.5, 0.6) is 0 Å². The molecule has 0 saturated carbocycles. The topological polar surface area (TPSA) is 12.5 Å². The molecule has 1 rings (SSSR count). The lowest BCUT2D eigenvalue weighted by Gasteiger charge is -2.12. The van der Waals surface area contributed by atoms with E-state index >= 15 is 0 Å². The molecule has 1 aliphatic heterocycles. The Balaban J connectivity index is 2.03. The molecule has 0 amide bonds. The fourth-order valence-electron chi connectivity index (χ4n) is 1.95. The molecule has 1 saturated heterocycles. The summed E-state index contributed by atoms with van der Waals surface area (Å²) in [5.41, 5.74) is 0. The molecule has 1 aliphatic rings. The second-order valence-corrected chi connectivity index (χ2v) is 3.68. The minimum absolute atomic E-state index is 0.933. The second-order valence-electron chi connectivity index (χ2n) is 3.68. The maximum atomic E-state index is 5.04. The number of methoxy groups -OCH3 is 1. The van der Waals surface area contributed by atoms with Crippen molar-refractivity contribution in [1.82, 2.24) is 4.90 Å². The van der Waals surface area contributed by atoms with E-state index in [1.165, 1.54) is 38.9 Å². The van der Waals surface area contributed by atoms with E-state index in [4.69, 9.17) is 4.74 Å². The summed E-state index contributed by atoms with van der Waals surface area (Å²) in [6.07, 6.45) is 3.99. The first-order valence-corrected chi connectivity index (χ1v) is 5.08. The van der Waals surface area contributed by atoms with Crippen LogP contribution in [0.4, 0.5) is 0 Å². The molecule has 1 atom stereocenters. The van der Waals surface area contributed by atoms with E-state index in [0.717, 1.165) is 12.5 Å². The Morgan fingerprint density at radius 1 is 1.50 bits per heavy atom. The minimum Gasteiger partial charge on any atom is -0.385 e. The van der Waals surface area contributed by atoms with Gasteiger partial charge in [-0.25, -0.2) is 0 Å². The van der Waals surface area contributed by atoms with Gasteiger partial charge in [0.05, 0.1) is 0 Å². The molecule has 0 N–H and O–H groups in total. The highest BCUT2D eigenvalue weighted by molar-refractivity contribution is 4.74. The Morgan fingerprint density at radius 2 is 2.33 bits per heavy atom. The quantitative estimate of drug-likeness (QED) is 0.584. The third-order valence-electron chi connectivity index (χ3n) is 2.78. The van der Waals surface area contributed by atoms with Crippen LogP contribution in [0.2, 0.25) is 0 Å². The first-order chi connectivity index (χ1) is 5.86. The predicted molar refractivity (Wildman–Crippen MR) is 51.3 cm³/mol. The van der Waals surface area contributed by atoms with Gasteiger partial charge in [-0.05, 0) is 38.3 Å². The summed E-state index contributed by atoms with van der Waals surface area (Å²) in [6, 6.07) is 0. The highest BCUT2D eigenvalue weighted by Gasteiger charge is 2.19. The summed E-state index contributed by atoms with van der Waals surface area (Å²) in [5, 5.41) is 0. The van der Waals surface area contributed by atoms with Gasteiger partial charge in [0.25, 0.3) is 0 Å². The maximum Gasteiger partial charge on any atom is 0.0462 e. The summed E-state index contributed by atoms with van der Waals surface area (Å²) in [6.45, 7) is 7.04. The molecule has 72 valence electrons. The lowest BCUT2D eigenvalue weighted by molar-refractivity contribution is 0.186. The van der Waals surface area contributed by atoms with Crippen LogP contribution in [-0.2, 0) is 4.74 Å². The van der Waals surface area contributed by atoms with E-state index < -0.39 is 0 Å². The highest BCUT2D eigenvalue weighted by atomic mass is 16.5. The zero-order valence-electron chi connectivity index (χ0n) is 8.38. The number of hydrogen-bond acceptors (Lipinski definition) is 2. The molecule has 0 spiro atoms. The monoisotopic (exact) mass is 171 g/mol. The van der Waals surface area contributed by atoms with Crippen LogP contribution in [0, 0.1) is 5.92 Å². The third kappa shape index (κ3) is 3.11. The fraction of sp³-hybridized carbons (Fsp3) is 1.00. The van der Waals surface area contributed by atoms with Gasteiger partial charge in [-0.2, -0.15) is 0 Å². The van der Waals surface area contributed by atoms with E-state index in [-0.39, 0.29) is 0 Å². The van der Waals surface area contributed by atoms with Crippen molar-refractivity contribution in [3.8, 4) is 0 Å². The first-order valence-electron chi connectivity index (χ1n) is 5.08. The van der Waals surface area contributed by atoms with Gasteiger partial charge in [-0.15, -0.1) is 0 Å². The van der Waals surface area contributed by atoms with Gasteiger partial charge in [0.1, 0.15) is 0 Å². The molecular formula is C10H21NO. The lowest BCUT2D eigenvalue weighted by Crippen LogP contribution is -2.19. The van der Waals surface area contributed by atoms with Crippen LogP contribution in [0.15, 0.2) is 0 Å². The van der Waals surface area contributed by atoms with Gasteiger partial charge in [-0.1, -0.05) is 6.92 Å². The Morgan fingerprint density at radius 3 is 2.92 bits per heavy atom. The Bertz CT molecular complexity index is 116. The molecule has 2 nitrogen and oxygen atoms in total. The van der Waals surface area contributed by atoms with Crippen molar-refractivity contribution in [1.29, 1.82) is 0 Å². The zero-order valence-corrected chi connectivity index (χ0v) is 8.38. The highest BCUT2D eigenvalue weighted by Crippen LogP contribution is 2.20. The maximum absolute atomic E-state index is 5.04.